The third kappa shape index (κ3) is 5.95. The largest absolute Gasteiger partial charge is 0.478 e. The molecule has 1 aromatic rings. The van der Waals surface area contributed by atoms with E-state index >= 15 is 0 Å². The third-order valence-corrected chi connectivity index (χ3v) is 2.92. The zero-order valence-electron chi connectivity index (χ0n) is 13.4. The van der Waals surface area contributed by atoms with E-state index in [9.17, 15) is 9.59 Å². The summed E-state index contributed by atoms with van der Waals surface area (Å²) < 4.78 is 5.41. The van der Waals surface area contributed by atoms with Gasteiger partial charge in [0.05, 0.1) is 5.92 Å². The van der Waals surface area contributed by atoms with Gasteiger partial charge in [-0.2, -0.15) is 0 Å². The highest BCUT2D eigenvalue weighted by Gasteiger charge is 2.12. The topological polar surface area (TPSA) is 63.6 Å². The lowest BCUT2D eigenvalue weighted by atomic mass is 10.0. The van der Waals surface area contributed by atoms with E-state index < -0.39 is 5.97 Å². The molecule has 0 aliphatic rings. The van der Waals surface area contributed by atoms with E-state index in [2.05, 4.69) is 0 Å². The first-order chi connectivity index (χ1) is 10.3. The summed E-state index contributed by atoms with van der Waals surface area (Å²) in [7, 11) is 0. The van der Waals surface area contributed by atoms with Crippen LogP contribution in [0.4, 0.5) is 0 Å². The van der Waals surface area contributed by atoms with Gasteiger partial charge in [-0.1, -0.05) is 31.6 Å². The number of rotatable bonds is 6. The normalized spacial score (nSPS) is 10.8. The second-order valence-electron chi connectivity index (χ2n) is 5.60. The summed E-state index contributed by atoms with van der Waals surface area (Å²) in [5, 5.41) is 8.69. The molecule has 0 spiro atoms. The minimum Gasteiger partial charge on any atom is -0.478 e. The molecule has 0 amide bonds. The SMILES string of the molecule is CC(C)=CCc1cc(C=CC(=O)O)ccc1OC(=O)C(C)C. The molecular weight excluding hydrogens is 280 g/mol. The Kier molecular flexibility index (Phi) is 6.57. The molecule has 0 radical (unpaired) electrons. The predicted molar refractivity (Wildman–Crippen MR) is 86.7 cm³/mol. The summed E-state index contributed by atoms with van der Waals surface area (Å²) in [5.41, 5.74) is 2.76. The van der Waals surface area contributed by atoms with Gasteiger partial charge < -0.3 is 9.84 Å². The summed E-state index contributed by atoms with van der Waals surface area (Å²) in [5.74, 6) is -0.972. The average molecular weight is 302 g/mol. The number of carboxylic acids is 1. The number of carbonyl (C=O) groups is 2. The van der Waals surface area contributed by atoms with Crippen molar-refractivity contribution < 1.29 is 19.4 Å². The molecule has 0 aliphatic heterocycles. The molecule has 1 aromatic carbocycles. The first-order valence-electron chi connectivity index (χ1n) is 7.18. The fourth-order valence-corrected chi connectivity index (χ4v) is 1.67. The molecule has 1 rings (SSSR count). The molecule has 0 saturated carbocycles. The van der Waals surface area contributed by atoms with Crippen LogP contribution >= 0.6 is 0 Å². The van der Waals surface area contributed by atoms with Crippen LogP contribution < -0.4 is 4.74 Å². The molecule has 118 valence electrons. The first-order valence-corrected chi connectivity index (χ1v) is 7.18. The lowest BCUT2D eigenvalue weighted by Gasteiger charge is -2.11. The van der Waals surface area contributed by atoms with Crippen molar-refractivity contribution >= 4 is 18.0 Å². The summed E-state index contributed by atoms with van der Waals surface area (Å²) >= 11 is 0. The molecule has 0 heterocycles. The number of carboxylic acid groups (broad SMARTS) is 1. The zero-order valence-corrected chi connectivity index (χ0v) is 13.4. The minimum absolute atomic E-state index is 0.206. The van der Waals surface area contributed by atoms with E-state index in [-0.39, 0.29) is 11.9 Å². The van der Waals surface area contributed by atoms with Crippen LogP contribution in [-0.4, -0.2) is 17.0 Å². The van der Waals surface area contributed by atoms with Gasteiger partial charge in [0, 0.05) is 6.08 Å². The Bertz CT molecular complexity index is 606. The van der Waals surface area contributed by atoms with E-state index in [4.69, 9.17) is 9.84 Å². The lowest BCUT2D eigenvalue weighted by Crippen LogP contribution is -2.15. The Balaban J connectivity index is 3.11. The molecule has 0 bridgehead atoms. The molecule has 4 nitrogen and oxygen atoms in total. The van der Waals surface area contributed by atoms with Gasteiger partial charge in [0.1, 0.15) is 5.75 Å². The van der Waals surface area contributed by atoms with Crippen molar-refractivity contribution in [1.29, 1.82) is 0 Å². The van der Waals surface area contributed by atoms with Crippen molar-refractivity contribution in [3.63, 3.8) is 0 Å². The van der Waals surface area contributed by atoms with Gasteiger partial charge in [0.15, 0.2) is 0 Å². The zero-order chi connectivity index (χ0) is 16.7. The Morgan fingerprint density at radius 1 is 1.27 bits per heavy atom. The van der Waals surface area contributed by atoms with Crippen LogP contribution in [-0.2, 0) is 16.0 Å². The molecule has 0 aliphatic carbocycles. The van der Waals surface area contributed by atoms with Gasteiger partial charge in [0.2, 0.25) is 0 Å². The summed E-state index contributed by atoms with van der Waals surface area (Å²) in [4.78, 5) is 22.4. The molecule has 22 heavy (non-hydrogen) atoms. The summed E-state index contributed by atoms with van der Waals surface area (Å²) in [6.07, 6.45) is 5.26. The maximum Gasteiger partial charge on any atom is 0.328 e. The van der Waals surface area contributed by atoms with Gasteiger partial charge in [-0.05, 0) is 49.6 Å². The van der Waals surface area contributed by atoms with E-state index in [1.165, 1.54) is 6.08 Å². The Morgan fingerprint density at radius 2 is 1.95 bits per heavy atom. The standard InChI is InChI=1S/C18H22O4/c1-12(2)5-8-15-11-14(7-10-17(19)20)6-9-16(15)22-18(21)13(3)4/h5-7,9-11,13H,8H2,1-4H3,(H,19,20). The quantitative estimate of drug-likeness (QED) is 0.375. The Hall–Kier alpha value is -2.36. The van der Waals surface area contributed by atoms with Gasteiger partial charge in [0.25, 0.3) is 0 Å². The highest BCUT2D eigenvalue weighted by molar-refractivity contribution is 5.85. The fourth-order valence-electron chi connectivity index (χ4n) is 1.67. The monoisotopic (exact) mass is 302 g/mol. The second-order valence-corrected chi connectivity index (χ2v) is 5.60. The van der Waals surface area contributed by atoms with Crippen LogP contribution in [0.1, 0.15) is 38.8 Å². The van der Waals surface area contributed by atoms with E-state index in [0.717, 1.165) is 22.8 Å². The molecule has 1 N–H and O–H groups in total. The number of ether oxygens (including phenoxy) is 1. The number of carbonyl (C=O) groups excluding carboxylic acids is 1. The van der Waals surface area contributed by atoms with Crippen LogP contribution in [0.2, 0.25) is 0 Å². The number of aliphatic carboxylic acids is 1. The number of hydrogen-bond acceptors (Lipinski definition) is 3. The Morgan fingerprint density at radius 3 is 2.50 bits per heavy atom. The minimum atomic E-state index is -0.999. The van der Waals surface area contributed by atoms with Crippen LogP contribution in [0.15, 0.2) is 35.9 Å². The van der Waals surface area contributed by atoms with Crippen molar-refractivity contribution in [2.24, 2.45) is 5.92 Å². The first kappa shape index (κ1) is 17.7. The fraction of sp³-hybridized carbons (Fsp3) is 0.333. The van der Waals surface area contributed by atoms with Crippen LogP contribution in [0.3, 0.4) is 0 Å². The highest BCUT2D eigenvalue weighted by Crippen LogP contribution is 2.23. The van der Waals surface area contributed by atoms with Crippen molar-refractivity contribution in [3.8, 4) is 5.75 Å². The van der Waals surface area contributed by atoms with Gasteiger partial charge in [-0.25, -0.2) is 4.79 Å². The van der Waals surface area contributed by atoms with Crippen molar-refractivity contribution in [3.05, 3.63) is 47.1 Å². The maximum atomic E-state index is 11.8. The second kappa shape index (κ2) is 8.17. The number of esters is 1. The Labute approximate surface area is 131 Å². The summed E-state index contributed by atoms with van der Waals surface area (Å²) in [6.45, 7) is 7.55. The molecule has 0 aromatic heterocycles. The van der Waals surface area contributed by atoms with Crippen LogP contribution in [0.5, 0.6) is 5.75 Å². The predicted octanol–water partition coefficient (Wildman–Crippen LogP) is 3.85. The van der Waals surface area contributed by atoms with E-state index in [0.29, 0.717) is 12.2 Å². The maximum absolute atomic E-state index is 11.8. The van der Waals surface area contributed by atoms with Crippen molar-refractivity contribution in [2.75, 3.05) is 0 Å². The molecule has 0 saturated heterocycles. The van der Waals surface area contributed by atoms with Crippen LogP contribution in [0.25, 0.3) is 6.08 Å². The summed E-state index contributed by atoms with van der Waals surface area (Å²) in [6, 6.07) is 5.27. The van der Waals surface area contributed by atoms with Gasteiger partial charge in [-0.15, -0.1) is 0 Å². The molecule has 0 unspecified atom stereocenters. The van der Waals surface area contributed by atoms with Gasteiger partial charge >= 0.3 is 11.9 Å². The highest BCUT2D eigenvalue weighted by atomic mass is 16.5. The van der Waals surface area contributed by atoms with Crippen molar-refractivity contribution in [2.45, 2.75) is 34.1 Å². The van der Waals surface area contributed by atoms with Crippen molar-refractivity contribution in [1.82, 2.24) is 0 Å². The lowest BCUT2D eigenvalue weighted by molar-refractivity contribution is -0.137. The third-order valence-electron chi connectivity index (χ3n) is 2.92. The average Bonchev–Trinajstić information content (AvgIpc) is 2.44. The molecular formula is C18H22O4. The molecule has 4 heteroatoms. The molecule has 0 fully saturated rings. The number of allylic oxidation sites excluding steroid dienone is 2. The van der Waals surface area contributed by atoms with E-state index in [1.54, 1.807) is 26.0 Å². The smallest absolute Gasteiger partial charge is 0.328 e. The molecule has 0 atom stereocenters. The van der Waals surface area contributed by atoms with Crippen LogP contribution in [0, 0.1) is 5.92 Å². The van der Waals surface area contributed by atoms with E-state index in [1.807, 2.05) is 26.0 Å². The van der Waals surface area contributed by atoms with Gasteiger partial charge in [-0.3, -0.25) is 4.79 Å². The number of benzene rings is 1. The number of hydrogen-bond donors (Lipinski definition) is 1.